The fraction of sp³-hybridized carbons (Fsp3) is 0.500. The van der Waals surface area contributed by atoms with Crippen LogP contribution in [0.2, 0.25) is 0 Å². The smallest absolute Gasteiger partial charge is 0.292 e. The van der Waals surface area contributed by atoms with E-state index in [0.29, 0.717) is 11.7 Å². The summed E-state index contributed by atoms with van der Waals surface area (Å²) in [5.41, 5.74) is 0.702. The molecular weight excluding hydrogens is 298 g/mol. The molecule has 2 rings (SSSR count). The number of likely N-dealkylation sites (tertiary alicyclic amines) is 1. The summed E-state index contributed by atoms with van der Waals surface area (Å²) in [6.45, 7) is 1.85. The minimum atomic E-state index is -0.354. The van der Waals surface area contributed by atoms with Crippen LogP contribution in [-0.2, 0) is 0 Å². The van der Waals surface area contributed by atoms with E-state index in [-0.39, 0.29) is 10.6 Å². The van der Waals surface area contributed by atoms with E-state index in [9.17, 15) is 10.1 Å². The Hall–Kier alpha value is -1.14. The van der Waals surface area contributed by atoms with E-state index in [2.05, 4.69) is 33.2 Å². The molecule has 98 valence electrons. The van der Waals surface area contributed by atoms with Crippen LogP contribution in [0, 0.1) is 10.1 Å². The highest BCUT2D eigenvalue weighted by Crippen LogP contribution is 2.28. The lowest BCUT2D eigenvalue weighted by molar-refractivity contribution is -0.384. The molecule has 1 aromatic rings. The maximum Gasteiger partial charge on any atom is 0.292 e. The highest BCUT2D eigenvalue weighted by molar-refractivity contribution is 9.10. The molecule has 18 heavy (non-hydrogen) atoms. The van der Waals surface area contributed by atoms with Crippen LogP contribution in [0.3, 0.4) is 0 Å². The molecule has 1 aliphatic rings. The average molecular weight is 314 g/mol. The molecule has 0 aromatic heterocycles. The van der Waals surface area contributed by atoms with Crippen LogP contribution in [0.4, 0.5) is 11.4 Å². The largest absolute Gasteiger partial charge is 0.378 e. The van der Waals surface area contributed by atoms with Crippen LogP contribution in [0.15, 0.2) is 22.7 Å². The number of nitrogens with zero attached hydrogens (tertiary/aromatic N) is 2. The van der Waals surface area contributed by atoms with E-state index in [1.165, 1.54) is 12.5 Å². The first-order chi connectivity index (χ1) is 8.58. The van der Waals surface area contributed by atoms with Gasteiger partial charge in [-0.1, -0.05) is 15.9 Å². The van der Waals surface area contributed by atoms with Crippen LogP contribution in [0.25, 0.3) is 0 Å². The molecule has 1 unspecified atom stereocenters. The van der Waals surface area contributed by atoms with Crippen molar-refractivity contribution in [2.75, 3.05) is 25.5 Å². The fourth-order valence-electron chi connectivity index (χ4n) is 2.27. The third kappa shape index (κ3) is 3.00. The first-order valence-electron chi connectivity index (χ1n) is 5.96. The van der Waals surface area contributed by atoms with Gasteiger partial charge in [-0.05, 0) is 38.6 Å². The van der Waals surface area contributed by atoms with Crippen molar-refractivity contribution in [1.29, 1.82) is 0 Å². The standard InChI is InChI=1S/C12H16BrN3O2/c1-15-6-2-3-10(15)8-14-11-7-9(13)4-5-12(11)16(17)18/h4-5,7,10,14H,2-3,6,8H2,1H3. The van der Waals surface area contributed by atoms with Crippen LogP contribution in [0.5, 0.6) is 0 Å². The lowest BCUT2D eigenvalue weighted by Crippen LogP contribution is -2.31. The number of nitro groups is 1. The Bertz CT molecular complexity index is 453. The number of nitrogens with one attached hydrogen (secondary N) is 1. The van der Waals surface area contributed by atoms with Crippen molar-refractivity contribution in [2.45, 2.75) is 18.9 Å². The third-order valence-electron chi connectivity index (χ3n) is 3.35. The maximum absolute atomic E-state index is 10.9. The van der Waals surface area contributed by atoms with Gasteiger partial charge in [0.1, 0.15) is 5.69 Å². The molecule has 1 saturated heterocycles. The number of rotatable bonds is 4. The topological polar surface area (TPSA) is 58.4 Å². The van der Waals surface area contributed by atoms with Gasteiger partial charge >= 0.3 is 0 Å². The molecule has 0 bridgehead atoms. The molecule has 1 heterocycles. The van der Waals surface area contributed by atoms with Crippen molar-refractivity contribution in [2.24, 2.45) is 0 Å². The van der Waals surface area contributed by atoms with Crippen molar-refractivity contribution >= 4 is 27.3 Å². The predicted octanol–water partition coefficient (Wildman–Crippen LogP) is 2.86. The van der Waals surface area contributed by atoms with E-state index in [0.717, 1.165) is 24.0 Å². The summed E-state index contributed by atoms with van der Waals surface area (Å²) in [5, 5.41) is 14.1. The number of benzene rings is 1. The zero-order valence-electron chi connectivity index (χ0n) is 10.2. The lowest BCUT2D eigenvalue weighted by Gasteiger charge is -2.20. The summed E-state index contributed by atoms with van der Waals surface area (Å²) in [6, 6.07) is 5.42. The summed E-state index contributed by atoms with van der Waals surface area (Å²) in [6.07, 6.45) is 2.34. The first-order valence-corrected chi connectivity index (χ1v) is 6.75. The summed E-state index contributed by atoms with van der Waals surface area (Å²) in [7, 11) is 2.09. The van der Waals surface area contributed by atoms with Gasteiger partial charge in [-0.2, -0.15) is 0 Å². The number of nitro benzene ring substituents is 1. The molecular formula is C12H16BrN3O2. The van der Waals surface area contributed by atoms with Gasteiger partial charge in [-0.3, -0.25) is 10.1 Å². The monoisotopic (exact) mass is 313 g/mol. The summed E-state index contributed by atoms with van der Waals surface area (Å²) < 4.78 is 0.843. The Morgan fingerprint density at radius 1 is 1.61 bits per heavy atom. The quantitative estimate of drug-likeness (QED) is 0.686. The van der Waals surface area contributed by atoms with E-state index < -0.39 is 0 Å². The Kier molecular flexibility index (Phi) is 4.19. The van der Waals surface area contributed by atoms with E-state index in [1.807, 2.05) is 0 Å². The summed E-state index contributed by atoms with van der Waals surface area (Å²) in [4.78, 5) is 12.9. The van der Waals surface area contributed by atoms with Crippen molar-refractivity contribution in [3.63, 3.8) is 0 Å². The van der Waals surface area contributed by atoms with E-state index in [1.54, 1.807) is 12.1 Å². The van der Waals surface area contributed by atoms with Gasteiger partial charge < -0.3 is 10.2 Å². The minimum Gasteiger partial charge on any atom is -0.378 e. The van der Waals surface area contributed by atoms with Crippen molar-refractivity contribution in [3.8, 4) is 0 Å². The van der Waals surface area contributed by atoms with Gasteiger partial charge in [0.25, 0.3) is 5.69 Å². The molecule has 0 aliphatic carbocycles. The molecule has 0 saturated carbocycles. The summed E-state index contributed by atoms with van der Waals surface area (Å²) in [5.74, 6) is 0. The van der Waals surface area contributed by atoms with Gasteiger partial charge in [0.2, 0.25) is 0 Å². The number of hydrogen-bond acceptors (Lipinski definition) is 4. The normalized spacial score (nSPS) is 20.0. The first kappa shape index (κ1) is 13.3. The van der Waals surface area contributed by atoms with Gasteiger partial charge in [-0.15, -0.1) is 0 Å². The SMILES string of the molecule is CN1CCCC1CNc1cc(Br)ccc1[N+](=O)[O-]. The average Bonchev–Trinajstić information content (AvgIpc) is 2.72. The second-order valence-electron chi connectivity index (χ2n) is 4.58. The number of halogens is 1. The van der Waals surface area contributed by atoms with Gasteiger partial charge in [0.05, 0.1) is 4.92 Å². The number of likely N-dealkylation sites (N-methyl/N-ethyl adjacent to an activating group) is 1. The van der Waals surface area contributed by atoms with Crippen LogP contribution in [-0.4, -0.2) is 36.0 Å². The predicted molar refractivity (Wildman–Crippen MR) is 74.9 cm³/mol. The molecule has 1 fully saturated rings. The van der Waals surface area contributed by atoms with Crippen LogP contribution >= 0.6 is 15.9 Å². The molecule has 1 aromatic carbocycles. The second kappa shape index (κ2) is 5.67. The minimum absolute atomic E-state index is 0.124. The molecule has 1 N–H and O–H groups in total. The van der Waals surface area contributed by atoms with Gasteiger partial charge in [-0.25, -0.2) is 0 Å². The molecule has 5 nitrogen and oxygen atoms in total. The third-order valence-corrected chi connectivity index (χ3v) is 3.85. The Labute approximate surface area is 114 Å². The molecule has 0 spiro atoms. The van der Waals surface area contributed by atoms with Gasteiger partial charge in [0, 0.05) is 23.1 Å². The second-order valence-corrected chi connectivity index (χ2v) is 5.49. The zero-order chi connectivity index (χ0) is 13.1. The highest BCUT2D eigenvalue weighted by atomic mass is 79.9. The van der Waals surface area contributed by atoms with Crippen LogP contribution < -0.4 is 5.32 Å². The Morgan fingerprint density at radius 3 is 3.00 bits per heavy atom. The van der Waals surface area contributed by atoms with Crippen molar-refractivity contribution < 1.29 is 4.92 Å². The number of hydrogen-bond donors (Lipinski definition) is 1. The fourth-order valence-corrected chi connectivity index (χ4v) is 2.64. The molecule has 0 amide bonds. The Morgan fingerprint density at radius 2 is 2.39 bits per heavy atom. The summed E-state index contributed by atoms with van der Waals surface area (Å²) >= 11 is 3.34. The van der Waals surface area contributed by atoms with Gasteiger partial charge in [0.15, 0.2) is 0 Å². The van der Waals surface area contributed by atoms with Crippen molar-refractivity contribution in [1.82, 2.24) is 4.90 Å². The highest BCUT2D eigenvalue weighted by Gasteiger charge is 2.21. The van der Waals surface area contributed by atoms with E-state index >= 15 is 0 Å². The Balaban J connectivity index is 2.08. The van der Waals surface area contributed by atoms with E-state index in [4.69, 9.17) is 0 Å². The number of anilines is 1. The molecule has 0 radical (unpaired) electrons. The lowest BCUT2D eigenvalue weighted by atomic mass is 10.2. The molecule has 6 heteroatoms. The zero-order valence-corrected chi connectivity index (χ0v) is 11.8. The maximum atomic E-state index is 10.9. The van der Waals surface area contributed by atoms with Crippen LogP contribution in [0.1, 0.15) is 12.8 Å². The molecule has 1 atom stereocenters. The van der Waals surface area contributed by atoms with Crippen molar-refractivity contribution in [3.05, 3.63) is 32.8 Å². The molecule has 1 aliphatic heterocycles.